The van der Waals surface area contributed by atoms with Crippen molar-refractivity contribution >= 4 is 16.5 Å². The molecule has 2 spiro atoms. The van der Waals surface area contributed by atoms with Crippen LogP contribution in [0.3, 0.4) is 0 Å². The van der Waals surface area contributed by atoms with Gasteiger partial charge in [0.15, 0.2) is 0 Å². The number of benzene rings is 1. The number of allylic oxidation sites excluding steroid dienone is 3. The molecule has 5 aliphatic rings. The Morgan fingerprint density at radius 3 is 2.91 bits per heavy atom. The van der Waals surface area contributed by atoms with Gasteiger partial charge in [-0.05, 0) is 98.8 Å². The standard InChI is InChI=1S/C29H34N2O/c1-27-12-10-22-17-21-6-7-23(31(2)3)18-28(21)13-14-29(22,32-28)26(27)9-8-24(27)20-5-4-19-11-15-30-25(19)16-20/h4-5,8,10-11,15-17,23,26,30H,6-7,9,12-14,18H2,1-3H3/t23-,26-,27-,28-,29-/m1/s1. The molecular weight excluding hydrogens is 392 g/mol. The van der Waals surface area contributed by atoms with Crippen LogP contribution in [0.25, 0.3) is 16.5 Å². The number of aromatic nitrogens is 1. The van der Waals surface area contributed by atoms with E-state index in [1.165, 1.54) is 53.3 Å². The first-order valence-corrected chi connectivity index (χ1v) is 12.5. The van der Waals surface area contributed by atoms with Crippen molar-refractivity contribution in [1.82, 2.24) is 9.88 Å². The highest BCUT2D eigenvalue weighted by Crippen LogP contribution is 2.67. The third-order valence-electron chi connectivity index (χ3n) is 9.84. The molecule has 3 heterocycles. The molecule has 3 nitrogen and oxygen atoms in total. The van der Waals surface area contributed by atoms with Gasteiger partial charge >= 0.3 is 0 Å². The van der Waals surface area contributed by atoms with Crippen LogP contribution in [0.2, 0.25) is 0 Å². The molecule has 0 unspecified atom stereocenters. The Morgan fingerprint density at radius 1 is 1.12 bits per heavy atom. The van der Waals surface area contributed by atoms with Gasteiger partial charge in [-0.1, -0.05) is 37.3 Å². The summed E-state index contributed by atoms with van der Waals surface area (Å²) in [6.45, 7) is 2.51. The van der Waals surface area contributed by atoms with Gasteiger partial charge in [0.05, 0.1) is 11.2 Å². The summed E-state index contributed by atoms with van der Waals surface area (Å²) in [6, 6.07) is 9.73. The molecule has 3 aliphatic carbocycles. The zero-order valence-corrected chi connectivity index (χ0v) is 19.6. The number of ether oxygens (including phenoxy) is 1. The minimum atomic E-state index is -0.0977. The normalized spacial score (nSPS) is 39.9. The summed E-state index contributed by atoms with van der Waals surface area (Å²) in [5.74, 6) is 0.529. The lowest BCUT2D eigenvalue weighted by atomic mass is 9.58. The number of fused-ring (bicyclic) bond motifs is 2. The van der Waals surface area contributed by atoms with E-state index in [0.29, 0.717) is 12.0 Å². The first-order chi connectivity index (χ1) is 15.4. The van der Waals surface area contributed by atoms with Gasteiger partial charge in [-0.25, -0.2) is 0 Å². The Hall–Kier alpha value is -2.10. The summed E-state index contributed by atoms with van der Waals surface area (Å²) in [6.07, 6.45) is 17.9. The molecule has 2 aliphatic heterocycles. The molecule has 1 aromatic carbocycles. The Morgan fingerprint density at radius 2 is 2.03 bits per heavy atom. The Kier molecular flexibility index (Phi) is 3.80. The van der Waals surface area contributed by atoms with Crippen LogP contribution in [0.1, 0.15) is 57.4 Å². The molecule has 2 aromatic rings. The predicted octanol–water partition coefficient (Wildman–Crippen LogP) is 6.25. The van der Waals surface area contributed by atoms with Crippen LogP contribution in [0.5, 0.6) is 0 Å². The Bertz CT molecular complexity index is 1210. The van der Waals surface area contributed by atoms with E-state index in [4.69, 9.17) is 4.74 Å². The Labute approximate surface area is 191 Å². The molecule has 2 bridgehead atoms. The molecule has 3 heteroatoms. The average Bonchev–Trinajstić information content (AvgIpc) is 3.47. The summed E-state index contributed by atoms with van der Waals surface area (Å²) in [5, 5.41) is 1.29. The van der Waals surface area contributed by atoms with Crippen molar-refractivity contribution < 1.29 is 4.74 Å². The summed E-state index contributed by atoms with van der Waals surface area (Å²) >= 11 is 0. The molecule has 1 saturated heterocycles. The van der Waals surface area contributed by atoms with Gasteiger partial charge in [0.25, 0.3) is 0 Å². The van der Waals surface area contributed by atoms with Crippen LogP contribution in [-0.4, -0.2) is 41.2 Å². The number of rotatable bonds is 2. The van der Waals surface area contributed by atoms with Crippen molar-refractivity contribution in [3.63, 3.8) is 0 Å². The number of aromatic amines is 1. The first-order valence-electron chi connectivity index (χ1n) is 12.5. The molecule has 166 valence electrons. The SMILES string of the molecule is CN(C)[C@@H]1CCC2=CC3=CC[C@]4(C)C(c5ccc6cc[nH]c6c5)=CC[C@H]4[C@@]34CC[C@]2(C1)O4. The van der Waals surface area contributed by atoms with E-state index in [2.05, 4.69) is 73.4 Å². The van der Waals surface area contributed by atoms with Gasteiger partial charge in [-0.2, -0.15) is 0 Å². The third-order valence-corrected chi connectivity index (χ3v) is 9.84. The van der Waals surface area contributed by atoms with Gasteiger partial charge in [0.2, 0.25) is 0 Å². The molecule has 7 rings (SSSR count). The van der Waals surface area contributed by atoms with Gasteiger partial charge in [-0.3, -0.25) is 0 Å². The zero-order valence-electron chi connectivity index (χ0n) is 19.6. The van der Waals surface area contributed by atoms with Crippen LogP contribution in [0.4, 0.5) is 0 Å². The van der Waals surface area contributed by atoms with Crippen molar-refractivity contribution in [2.75, 3.05) is 14.1 Å². The second-order valence-electron chi connectivity index (χ2n) is 11.5. The van der Waals surface area contributed by atoms with Crippen LogP contribution in [0, 0.1) is 11.3 Å². The minimum absolute atomic E-state index is 0.0192. The molecule has 0 amide bonds. The van der Waals surface area contributed by atoms with Gasteiger partial charge in [-0.15, -0.1) is 0 Å². The van der Waals surface area contributed by atoms with Crippen LogP contribution in [0.15, 0.2) is 59.8 Å². The van der Waals surface area contributed by atoms with Crippen LogP contribution < -0.4 is 0 Å². The first kappa shape index (κ1) is 19.4. The molecule has 0 radical (unpaired) electrons. The van der Waals surface area contributed by atoms with Gasteiger partial charge < -0.3 is 14.6 Å². The molecule has 1 aromatic heterocycles. The second kappa shape index (κ2) is 6.27. The molecule has 32 heavy (non-hydrogen) atoms. The molecule has 1 N–H and O–H groups in total. The quantitative estimate of drug-likeness (QED) is 0.615. The maximum atomic E-state index is 7.38. The molecular formula is C29H34N2O. The summed E-state index contributed by atoms with van der Waals surface area (Å²) in [4.78, 5) is 5.83. The Balaban J connectivity index is 1.29. The maximum Gasteiger partial charge on any atom is 0.0980 e. The summed E-state index contributed by atoms with van der Waals surface area (Å²) < 4.78 is 7.38. The maximum absolute atomic E-state index is 7.38. The fourth-order valence-electron chi connectivity index (χ4n) is 8.07. The zero-order chi connectivity index (χ0) is 21.7. The average molecular weight is 427 g/mol. The van der Waals surface area contributed by atoms with E-state index >= 15 is 0 Å². The largest absolute Gasteiger partial charge is 0.361 e. The molecule has 2 fully saturated rings. The van der Waals surface area contributed by atoms with E-state index < -0.39 is 0 Å². The molecule has 1 saturated carbocycles. The van der Waals surface area contributed by atoms with Crippen molar-refractivity contribution in [3.8, 4) is 0 Å². The lowest BCUT2D eigenvalue weighted by Gasteiger charge is -2.54. The third kappa shape index (κ3) is 2.34. The van der Waals surface area contributed by atoms with E-state index in [-0.39, 0.29) is 16.6 Å². The summed E-state index contributed by atoms with van der Waals surface area (Å²) in [5.41, 5.74) is 7.24. The van der Waals surface area contributed by atoms with Gasteiger partial charge in [0.1, 0.15) is 0 Å². The number of hydrogen-bond donors (Lipinski definition) is 1. The number of nitrogens with zero attached hydrogens (tertiary/aromatic N) is 1. The predicted molar refractivity (Wildman–Crippen MR) is 130 cm³/mol. The van der Waals surface area contributed by atoms with Crippen LogP contribution >= 0.6 is 0 Å². The highest BCUT2D eigenvalue weighted by molar-refractivity contribution is 5.85. The van der Waals surface area contributed by atoms with Gasteiger partial charge in [0, 0.05) is 29.1 Å². The number of hydrogen-bond acceptors (Lipinski definition) is 2. The number of nitrogens with one attached hydrogen (secondary N) is 1. The van der Waals surface area contributed by atoms with Crippen LogP contribution in [-0.2, 0) is 4.74 Å². The fourth-order valence-corrected chi connectivity index (χ4v) is 8.07. The van der Waals surface area contributed by atoms with Crippen molar-refractivity contribution in [2.45, 2.75) is 69.1 Å². The van der Waals surface area contributed by atoms with E-state index in [0.717, 1.165) is 19.3 Å². The summed E-state index contributed by atoms with van der Waals surface area (Å²) in [7, 11) is 4.47. The minimum Gasteiger partial charge on any atom is -0.361 e. The monoisotopic (exact) mass is 426 g/mol. The molecule has 5 atom stereocenters. The van der Waals surface area contributed by atoms with E-state index in [1.54, 1.807) is 5.57 Å². The number of H-pyrrole nitrogens is 1. The second-order valence-corrected chi connectivity index (χ2v) is 11.5. The smallest absolute Gasteiger partial charge is 0.0980 e. The van der Waals surface area contributed by atoms with E-state index in [9.17, 15) is 0 Å². The lowest BCUT2D eigenvalue weighted by Crippen LogP contribution is -2.54. The highest BCUT2D eigenvalue weighted by atomic mass is 16.5. The lowest BCUT2D eigenvalue weighted by molar-refractivity contribution is -0.134. The van der Waals surface area contributed by atoms with Crippen molar-refractivity contribution in [3.05, 3.63) is 65.4 Å². The van der Waals surface area contributed by atoms with Crippen molar-refractivity contribution in [2.24, 2.45) is 11.3 Å². The van der Waals surface area contributed by atoms with E-state index in [1.807, 2.05) is 6.20 Å². The van der Waals surface area contributed by atoms with Crippen molar-refractivity contribution in [1.29, 1.82) is 0 Å². The fraction of sp³-hybridized carbons (Fsp3) is 0.517. The topological polar surface area (TPSA) is 28.3 Å². The highest BCUT2D eigenvalue weighted by Gasteiger charge is 2.65.